The summed E-state index contributed by atoms with van der Waals surface area (Å²) < 4.78 is 0. The number of hydrogen-bond acceptors (Lipinski definition) is 3. The molecule has 16 heavy (non-hydrogen) atoms. The van der Waals surface area contributed by atoms with Gasteiger partial charge in [0, 0.05) is 24.2 Å². The minimum absolute atomic E-state index is 0.0856. The molecule has 0 aromatic heterocycles. The van der Waals surface area contributed by atoms with Gasteiger partial charge in [-0.2, -0.15) is 0 Å². The van der Waals surface area contributed by atoms with Gasteiger partial charge in [0.05, 0.1) is 0 Å². The largest absolute Gasteiger partial charge is 0.336 e. The van der Waals surface area contributed by atoms with Crippen molar-refractivity contribution in [3.8, 4) is 0 Å². The first-order valence-electron chi connectivity index (χ1n) is 5.89. The fourth-order valence-corrected chi connectivity index (χ4v) is 1.72. The van der Waals surface area contributed by atoms with Crippen LogP contribution in [0.1, 0.15) is 40.5 Å². The molecule has 0 aliphatic rings. The van der Waals surface area contributed by atoms with Crippen LogP contribution in [0.3, 0.4) is 0 Å². The normalized spacial score (nSPS) is 18.4. The maximum Gasteiger partial charge on any atom is 0.315 e. The zero-order chi connectivity index (χ0) is 12.7. The van der Waals surface area contributed by atoms with E-state index < -0.39 is 0 Å². The third-order valence-corrected chi connectivity index (χ3v) is 2.21. The Morgan fingerprint density at radius 3 is 1.50 bits per heavy atom. The van der Waals surface area contributed by atoms with Crippen molar-refractivity contribution in [2.75, 3.05) is 0 Å². The standard InChI is InChI=1S/C11H26N4O/c1-7(12)5-9(3)14-11(16)15-10(4)6-8(2)13/h7-10H,5-6,12-13H2,1-4H3,(H2,14,15,16). The quantitative estimate of drug-likeness (QED) is 0.536. The van der Waals surface area contributed by atoms with Gasteiger partial charge in [0.1, 0.15) is 0 Å². The van der Waals surface area contributed by atoms with E-state index in [9.17, 15) is 4.79 Å². The molecule has 6 N–H and O–H groups in total. The van der Waals surface area contributed by atoms with Crippen LogP contribution in [0.15, 0.2) is 0 Å². The van der Waals surface area contributed by atoms with Crippen LogP contribution in [-0.4, -0.2) is 30.2 Å². The van der Waals surface area contributed by atoms with Crippen molar-refractivity contribution >= 4 is 6.03 Å². The van der Waals surface area contributed by atoms with E-state index in [4.69, 9.17) is 11.5 Å². The molecule has 0 aliphatic carbocycles. The maximum atomic E-state index is 11.5. The molecule has 96 valence electrons. The third kappa shape index (κ3) is 8.49. The minimum Gasteiger partial charge on any atom is -0.336 e. The Hall–Kier alpha value is -0.810. The lowest BCUT2D eigenvalue weighted by Crippen LogP contribution is -2.46. The first kappa shape index (κ1) is 15.2. The molecule has 5 nitrogen and oxygen atoms in total. The van der Waals surface area contributed by atoms with Crippen LogP contribution in [0.25, 0.3) is 0 Å². The molecule has 4 unspecified atom stereocenters. The zero-order valence-corrected chi connectivity index (χ0v) is 10.8. The summed E-state index contributed by atoms with van der Waals surface area (Å²) in [5.41, 5.74) is 11.3. The summed E-state index contributed by atoms with van der Waals surface area (Å²) in [7, 11) is 0. The molecule has 5 heteroatoms. The Bertz CT molecular complexity index is 186. The van der Waals surface area contributed by atoms with Gasteiger partial charge in [-0.15, -0.1) is 0 Å². The van der Waals surface area contributed by atoms with Crippen molar-refractivity contribution in [3.05, 3.63) is 0 Å². The van der Waals surface area contributed by atoms with Crippen molar-refractivity contribution in [1.82, 2.24) is 10.6 Å². The molecule has 0 fully saturated rings. The van der Waals surface area contributed by atoms with Crippen molar-refractivity contribution in [1.29, 1.82) is 0 Å². The molecule has 0 heterocycles. The van der Waals surface area contributed by atoms with Gasteiger partial charge >= 0.3 is 6.03 Å². The molecule has 0 bridgehead atoms. The summed E-state index contributed by atoms with van der Waals surface area (Å²) in [5, 5.41) is 5.69. The molecule has 0 aliphatic heterocycles. The highest BCUT2D eigenvalue weighted by molar-refractivity contribution is 5.74. The van der Waals surface area contributed by atoms with Crippen molar-refractivity contribution < 1.29 is 4.79 Å². The minimum atomic E-state index is -0.152. The lowest BCUT2D eigenvalue weighted by molar-refractivity contribution is 0.232. The molecule has 0 radical (unpaired) electrons. The van der Waals surface area contributed by atoms with Gasteiger partial charge in [-0.1, -0.05) is 0 Å². The van der Waals surface area contributed by atoms with Gasteiger partial charge in [0.15, 0.2) is 0 Å². The SMILES string of the molecule is CC(N)CC(C)NC(=O)NC(C)CC(C)N. The van der Waals surface area contributed by atoms with E-state index in [0.29, 0.717) is 0 Å². The average molecular weight is 230 g/mol. The van der Waals surface area contributed by atoms with Gasteiger partial charge in [-0.3, -0.25) is 0 Å². The molecular formula is C11H26N4O. The highest BCUT2D eigenvalue weighted by Gasteiger charge is 2.12. The molecule has 2 amide bonds. The molecular weight excluding hydrogens is 204 g/mol. The average Bonchev–Trinajstić information content (AvgIpc) is 1.97. The fourth-order valence-electron chi connectivity index (χ4n) is 1.72. The number of hydrogen-bond donors (Lipinski definition) is 4. The lowest BCUT2D eigenvalue weighted by atomic mass is 10.1. The molecule has 0 rings (SSSR count). The van der Waals surface area contributed by atoms with E-state index in [1.54, 1.807) is 0 Å². The smallest absolute Gasteiger partial charge is 0.315 e. The van der Waals surface area contributed by atoms with Crippen LogP contribution >= 0.6 is 0 Å². The summed E-state index contributed by atoms with van der Waals surface area (Å²) >= 11 is 0. The van der Waals surface area contributed by atoms with E-state index in [0.717, 1.165) is 12.8 Å². The Morgan fingerprint density at radius 2 is 1.25 bits per heavy atom. The molecule has 0 aromatic carbocycles. The Balaban J connectivity index is 3.80. The molecule has 0 aromatic rings. The number of carbonyl (C=O) groups is 1. The summed E-state index contributed by atoms with van der Waals surface area (Å²) in [5.74, 6) is 0. The highest BCUT2D eigenvalue weighted by atomic mass is 16.2. The fraction of sp³-hybridized carbons (Fsp3) is 0.909. The maximum absolute atomic E-state index is 11.5. The Morgan fingerprint density at radius 1 is 0.938 bits per heavy atom. The summed E-state index contributed by atoms with van der Waals surface area (Å²) in [6.45, 7) is 7.74. The predicted octanol–water partition coefficient (Wildman–Crippen LogP) is 0.537. The number of nitrogens with two attached hydrogens (primary N) is 2. The lowest BCUT2D eigenvalue weighted by Gasteiger charge is -2.20. The molecule has 0 spiro atoms. The van der Waals surface area contributed by atoms with Gasteiger partial charge in [0.25, 0.3) is 0 Å². The number of amides is 2. The molecule has 0 saturated carbocycles. The first-order valence-corrected chi connectivity index (χ1v) is 5.89. The number of rotatable bonds is 6. The van der Waals surface area contributed by atoms with Gasteiger partial charge in [-0.05, 0) is 40.5 Å². The molecule has 0 saturated heterocycles. The highest BCUT2D eigenvalue weighted by Crippen LogP contribution is 1.96. The Kier molecular flexibility index (Phi) is 7.08. The summed E-state index contributed by atoms with van der Waals surface area (Å²) in [6.07, 6.45) is 1.55. The predicted molar refractivity (Wildman–Crippen MR) is 67.1 cm³/mol. The number of carbonyl (C=O) groups excluding carboxylic acids is 1. The van der Waals surface area contributed by atoms with Crippen LogP contribution in [0, 0.1) is 0 Å². The number of urea groups is 1. The zero-order valence-electron chi connectivity index (χ0n) is 10.8. The van der Waals surface area contributed by atoms with Gasteiger partial charge in [0.2, 0.25) is 0 Å². The van der Waals surface area contributed by atoms with Crippen LogP contribution in [0.2, 0.25) is 0 Å². The van der Waals surface area contributed by atoms with Crippen LogP contribution in [-0.2, 0) is 0 Å². The van der Waals surface area contributed by atoms with Crippen molar-refractivity contribution in [2.45, 2.75) is 64.7 Å². The summed E-state index contributed by atoms with van der Waals surface area (Å²) in [4.78, 5) is 11.5. The van der Waals surface area contributed by atoms with Crippen molar-refractivity contribution in [3.63, 3.8) is 0 Å². The third-order valence-electron chi connectivity index (χ3n) is 2.21. The van der Waals surface area contributed by atoms with Crippen molar-refractivity contribution in [2.24, 2.45) is 11.5 Å². The van der Waals surface area contributed by atoms with E-state index in [-0.39, 0.29) is 30.2 Å². The van der Waals surface area contributed by atoms with Crippen LogP contribution < -0.4 is 22.1 Å². The monoisotopic (exact) mass is 230 g/mol. The molecule has 4 atom stereocenters. The van der Waals surface area contributed by atoms with Gasteiger partial charge in [-0.25, -0.2) is 4.79 Å². The Labute approximate surface area is 98.3 Å². The van der Waals surface area contributed by atoms with E-state index in [1.807, 2.05) is 27.7 Å². The topological polar surface area (TPSA) is 93.2 Å². The first-order chi connectivity index (χ1) is 7.31. The van der Waals surface area contributed by atoms with E-state index in [1.165, 1.54) is 0 Å². The second-order valence-electron chi connectivity index (χ2n) is 4.85. The van der Waals surface area contributed by atoms with E-state index >= 15 is 0 Å². The second-order valence-corrected chi connectivity index (χ2v) is 4.85. The summed E-state index contributed by atoms with van der Waals surface area (Å²) in [6, 6.07) is 0.208. The van der Waals surface area contributed by atoms with Crippen LogP contribution in [0.4, 0.5) is 4.79 Å². The second kappa shape index (κ2) is 7.46. The van der Waals surface area contributed by atoms with Gasteiger partial charge < -0.3 is 22.1 Å². The van der Waals surface area contributed by atoms with E-state index in [2.05, 4.69) is 10.6 Å². The van der Waals surface area contributed by atoms with Crippen LogP contribution in [0.5, 0.6) is 0 Å². The number of nitrogens with one attached hydrogen (secondary N) is 2.